The normalized spacial score (nSPS) is 13.2. The highest BCUT2D eigenvalue weighted by Gasteiger charge is 2.02. The predicted octanol–water partition coefficient (Wildman–Crippen LogP) is 2.00. The highest BCUT2D eigenvalue weighted by Crippen LogP contribution is 2.14. The van der Waals surface area contributed by atoms with Crippen molar-refractivity contribution in [2.45, 2.75) is 18.7 Å². The molecule has 1 atom stereocenters. The Bertz CT molecular complexity index is 429. The van der Waals surface area contributed by atoms with Crippen LogP contribution in [0.5, 0.6) is 0 Å². The van der Waals surface area contributed by atoms with Gasteiger partial charge >= 0.3 is 0 Å². The summed E-state index contributed by atoms with van der Waals surface area (Å²) in [5.41, 5.74) is 6.46. The van der Waals surface area contributed by atoms with E-state index < -0.39 is 0 Å². The Morgan fingerprint density at radius 3 is 2.95 bits per heavy atom. The number of hydrogen-bond donors (Lipinski definition) is 2. The Labute approximate surface area is 124 Å². The van der Waals surface area contributed by atoms with E-state index in [0.717, 1.165) is 11.3 Å². The van der Waals surface area contributed by atoms with E-state index in [1.807, 2.05) is 13.0 Å². The van der Waals surface area contributed by atoms with Gasteiger partial charge in [0.15, 0.2) is 5.96 Å². The third-order valence-electron chi connectivity index (χ3n) is 2.54. The highest BCUT2D eigenvalue weighted by molar-refractivity contribution is 7.98. The summed E-state index contributed by atoms with van der Waals surface area (Å²) in [6, 6.07) is 6.95. The lowest BCUT2D eigenvalue weighted by Gasteiger charge is -2.12. The highest BCUT2D eigenvalue weighted by atomic mass is 32.2. The largest absolute Gasteiger partial charge is 0.383 e. The standard InChI is InChI=1S/C14H22FN3OS/c1-11(9-19-2)18-14(16)17-7-8-20-10-12-5-3-4-6-13(12)15/h3-6,11H,7-10H2,1-2H3,(H3,16,17,18). The number of nitrogens with one attached hydrogen (secondary N) is 1. The van der Waals surface area contributed by atoms with Gasteiger partial charge in [0.05, 0.1) is 13.2 Å². The Balaban J connectivity index is 2.19. The number of ether oxygens (including phenoxy) is 1. The summed E-state index contributed by atoms with van der Waals surface area (Å²) in [7, 11) is 1.64. The first-order valence-electron chi connectivity index (χ1n) is 6.50. The third-order valence-corrected chi connectivity index (χ3v) is 3.53. The number of nitrogens with two attached hydrogens (primary N) is 1. The van der Waals surface area contributed by atoms with Crippen LogP contribution in [-0.2, 0) is 10.5 Å². The predicted molar refractivity (Wildman–Crippen MR) is 83.5 cm³/mol. The maximum Gasteiger partial charge on any atom is 0.188 e. The van der Waals surface area contributed by atoms with Crippen molar-refractivity contribution in [3.63, 3.8) is 0 Å². The number of guanidine groups is 1. The van der Waals surface area contributed by atoms with E-state index in [4.69, 9.17) is 10.5 Å². The molecule has 0 heterocycles. The molecule has 0 aliphatic heterocycles. The van der Waals surface area contributed by atoms with E-state index in [0.29, 0.717) is 24.9 Å². The number of benzene rings is 1. The fourth-order valence-corrected chi connectivity index (χ4v) is 2.44. The molecule has 1 rings (SSSR count). The zero-order valence-electron chi connectivity index (χ0n) is 11.9. The molecular weight excluding hydrogens is 277 g/mol. The van der Waals surface area contributed by atoms with Gasteiger partial charge < -0.3 is 15.8 Å². The van der Waals surface area contributed by atoms with Gasteiger partial charge in [-0.2, -0.15) is 11.8 Å². The molecule has 0 amide bonds. The summed E-state index contributed by atoms with van der Waals surface area (Å²) in [5, 5.41) is 3.03. The fourth-order valence-electron chi connectivity index (χ4n) is 1.62. The summed E-state index contributed by atoms with van der Waals surface area (Å²) >= 11 is 1.64. The van der Waals surface area contributed by atoms with Crippen molar-refractivity contribution < 1.29 is 9.13 Å². The zero-order valence-corrected chi connectivity index (χ0v) is 12.8. The van der Waals surface area contributed by atoms with Crippen molar-refractivity contribution in [3.8, 4) is 0 Å². The Morgan fingerprint density at radius 2 is 2.25 bits per heavy atom. The van der Waals surface area contributed by atoms with E-state index in [1.54, 1.807) is 31.0 Å². The number of nitrogens with zero attached hydrogens (tertiary/aromatic N) is 1. The second-order valence-electron chi connectivity index (χ2n) is 4.41. The van der Waals surface area contributed by atoms with Gasteiger partial charge in [0.1, 0.15) is 5.82 Å². The minimum Gasteiger partial charge on any atom is -0.383 e. The van der Waals surface area contributed by atoms with Crippen molar-refractivity contribution in [3.05, 3.63) is 35.6 Å². The Morgan fingerprint density at radius 1 is 1.50 bits per heavy atom. The van der Waals surface area contributed by atoms with Crippen LogP contribution in [0.25, 0.3) is 0 Å². The minimum absolute atomic E-state index is 0.134. The lowest BCUT2D eigenvalue weighted by molar-refractivity contribution is 0.179. The number of hydrogen-bond acceptors (Lipinski definition) is 3. The topological polar surface area (TPSA) is 59.6 Å². The monoisotopic (exact) mass is 299 g/mol. The Hall–Kier alpha value is -1.27. The van der Waals surface area contributed by atoms with E-state index in [2.05, 4.69) is 10.3 Å². The molecule has 3 N–H and O–H groups in total. The SMILES string of the molecule is COCC(C)NC(N)=NCCSCc1ccccc1F. The molecule has 0 bridgehead atoms. The molecule has 0 radical (unpaired) electrons. The maximum atomic E-state index is 13.4. The van der Waals surface area contributed by atoms with Crippen molar-refractivity contribution in [1.29, 1.82) is 0 Å². The van der Waals surface area contributed by atoms with Crippen LogP contribution in [0.2, 0.25) is 0 Å². The number of methoxy groups -OCH3 is 1. The smallest absolute Gasteiger partial charge is 0.188 e. The molecule has 0 aliphatic carbocycles. The van der Waals surface area contributed by atoms with Crippen molar-refractivity contribution in [2.75, 3.05) is 26.0 Å². The van der Waals surface area contributed by atoms with Crippen LogP contribution in [0, 0.1) is 5.82 Å². The zero-order chi connectivity index (χ0) is 14.8. The van der Waals surface area contributed by atoms with Gasteiger partial charge in [-0.15, -0.1) is 0 Å². The quantitative estimate of drug-likeness (QED) is 0.438. The van der Waals surface area contributed by atoms with E-state index >= 15 is 0 Å². The van der Waals surface area contributed by atoms with Crippen LogP contribution in [0.1, 0.15) is 12.5 Å². The number of aliphatic imine (C=N–C) groups is 1. The summed E-state index contributed by atoms with van der Waals surface area (Å²) in [5.74, 6) is 1.71. The maximum absolute atomic E-state index is 13.4. The molecule has 20 heavy (non-hydrogen) atoms. The molecule has 1 aromatic rings. The molecule has 0 saturated carbocycles. The molecule has 0 aromatic heterocycles. The second-order valence-corrected chi connectivity index (χ2v) is 5.52. The van der Waals surface area contributed by atoms with Gasteiger partial charge in [0.2, 0.25) is 0 Å². The van der Waals surface area contributed by atoms with Crippen molar-refractivity contribution in [2.24, 2.45) is 10.7 Å². The molecule has 112 valence electrons. The van der Waals surface area contributed by atoms with Crippen molar-refractivity contribution >= 4 is 17.7 Å². The molecule has 1 aromatic carbocycles. The fraction of sp³-hybridized carbons (Fsp3) is 0.500. The van der Waals surface area contributed by atoms with Gasteiger partial charge in [-0.25, -0.2) is 4.39 Å². The van der Waals surface area contributed by atoms with Gasteiger partial charge in [-0.3, -0.25) is 4.99 Å². The lowest BCUT2D eigenvalue weighted by atomic mass is 10.2. The summed E-state index contributed by atoms with van der Waals surface area (Å²) in [6.45, 7) is 3.16. The molecule has 0 saturated heterocycles. The number of thioether (sulfide) groups is 1. The van der Waals surface area contributed by atoms with Crippen LogP contribution in [0.15, 0.2) is 29.3 Å². The van der Waals surface area contributed by atoms with E-state index in [9.17, 15) is 4.39 Å². The van der Waals surface area contributed by atoms with Crippen LogP contribution < -0.4 is 11.1 Å². The third kappa shape index (κ3) is 6.77. The average molecular weight is 299 g/mol. The Kier molecular flexibility index (Phi) is 8.06. The summed E-state index contributed by atoms with van der Waals surface area (Å²) in [4.78, 5) is 4.21. The number of halogens is 1. The van der Waals surface area contributed by atoms with Gasteiger partial charge in [-0.1, -0.05) is 18.2 Å². The molecule has 6 heteroatoms. The van der Waals surface area contributed by atoms with Gasteiger partial charge in [0, 0.05) is 24.7 Å². The van der Waals surface area contributed by atoms with E-state index in [1.165, 1.54) is 6.07 Å². The van der Waals surface area contributed by atoms with Crippen LogP contribution >= 0.6 is 11.8 Å². The average Bonchev–Trinajstić information content (AvgIpc) is 2.40. The van der Waals surface area contributed by atoms with E-state index in [-0.39, 0.29) is 11.9 Å². The first kappa shape index (κ1) is 16.8. The molecule has 4 nitrogen and oxygen atoms in total. The first-order valence-corrected chi connectivity index (χ1v) is 7.65. The van der Waals surface area contributed by atoms with Crippen LogP contribution in [-0.4, -0.2) is 38.0 Å². The van der Waals surface area contributed by atoms with Crippen molar-refractivity contribution in [1.82, 2.24) is 5.32 Å². The summed E-state index contributed by atoms with van der Waals surface area (Å²) in [6.07, 6.45) is 0. The van der Waals surface area contributed by atoms with Crippen LogP contribution in [0.3, 0.4) is 0 Å². The van der Waals surface area contributed by atoms with Crippen LogP contribution in [0.4, 0.5) is 4.39 Å². The second kappa shape index (κ2) is 9.61. The van der Waals surface area contributed by atoms with Gasteiger partial charge in [-0.05, 0) is 18.6 Å². The molecule has 1 unspecified atom stereocenters. The minimum atomic E-state index is -0.155. The molecule has 0 spiro atoms. The molecular formula is C14H22FN3OS. The lowest BCUT2D eigenvalue weighted by Crippen LogP contribution is -2.40. The molecule has 0 fully saturated rings. The summed E-state index contributed by atoms with van der Waals surface area (Å²) < 4.78 is 18.4. The molecule has 0 aliphatic rings. The first-order chi connectivity index (χ1) is 9.63. The number of rotatable bonds is 8. The van der Waals surface area contributed by atoms with Gasteiger partial charge in [0.25, 0.3) is 0 Å².